The number of carbonyl (C=O) groups excluding carboxylic acids is 2. The van der Waals surface area contributed by atoms with Crippen LogP contribution < -0.4 is 5.73 Å². The maximum Gasteiger partial charge on any atom is 0.320 e. The summed E-state index contributed by atoms with van der Waals surface area (Å²) in [6.07, 6.45) is 0.208. The largest absolute Gasteiger partial charge is 0.465 e. The second kappa shape index (κ2) is 6.08. The molecule has 1 atom stereocenters. The summed E-state index contributed by atoms with van der Waals surface area (Å²) >= 11 is 10.6. The fourth-order valence-corrected chi connectivity index (χ4v) is 0.623. The standard InChI is InChI=1S/C6H9Cl2NO3/c7-3-5(10)12-2-1-4(8)6(9)11/h4H,1-3H2,(H2,9,11). The molecule has 0 bridgehead atoms. The molecule has 4 nitrogen and oxygen atoms in total. The quantitative estimate of drug-likeness (QED) is 0.526. The van der Waals surface area contributed by atoms with Gasteiger partial charge in [-0.2, -0.15) is 0 Å². The van der Waals surface area contributed by atoms with Crippen LogP contribution in [0.5, 0.6) is 0 Å². The fourth-order valence-electron chi connectivity index (χ4n) is 0.457. The van der Waals surface area contributed by atoms with Gasteiger partial charge in [-0.3, -0.25) is 9.59 Å². The number of esters is 1. The van der Waals surface area contributed by atoms with Crippen LogP contribution in [0, 0.1) is 0 Å². The number of ether oxygens (including phenoxy) is 1. The van der Waals surface area contributed by atoms with E-state index < -0.39 is 17.3 Å². The van der Waals surface area contributed by atoms with E-state index in [-0.39, 0.29) is 18.9 Å². The van der Waals surface area contributed by atoms with Crippen LogP contribution in [0.2, 0.25) is 0 Å². The Bertz CT molecular complexity index is 174. The molecule has 0 radical (unpaired) electrons. The summed E-state index contributed by atoms with van der Waals surface area (Å²) in [5.41, 5.74) is 4.85. The van der Waals surface area contributed by atoms with Crippen molar-refractivity contribution >= 4 is 35.1 Å². The Hall–Kier alpha value is -0.480. The highest BCUT2D eigenvalue weighted by Crippen LogP contribution is 2.01. The van der Waals surface area contributed by atoms with Crippen LogP contribution in [0.3, 0.4) is 0 Å². The number of hydrogen-bond acceptors (Lipinski definition) is 3. The molecule has 1 unspecified atom stereocenters. The van der Waals surface area contributed by atoms with Crippen LogP contribution in [0.25, 0.3) is 0 Å². The molecule has 0 aromatic heterocycles. The van der Waals surface area contributed by atoms with Crippen LogP contribution in [-0.4, -0.2) is 29.7 Å². The number of hydrogen-bond donors (Lipinski definition) is 1. The molecule has 0 saturated carbocycles. The molecule has 0 fully saturated rings. The van der Waals surface area contributed by atoms with Gasteiger partial charge in [0.2, 0.25) is 5.91 Å². The fraction of sp³-hybridized carbons (Fsp3) is 0.667. The van der Waals surface area contributed by atoms with Gasteiger partial charge >= 0.3 is 5.97 Å². The summed E-state index contributed by atoms with van der Waals surface area (Å²) < 4.78 is 4.55. The smallest absolute Gasteiger partial charge is 0.320 e. The van der Waals surface area contributed by atoms with E-state index in [1.807, 2.05) is 0 Å². The van der Waals surface area contributed by atoms with E-state index in [1.54, 1.807) is 0 Å². The van der Waals surface area contributed by atoms with E-state index in [2.05, 4.69) is 4.74 Å². The third-order valence-electron chi connectivity index (χ3n) is 1.05. The normalized spacial score (nSPS) is 12.2. The maximum atomic E-state index is 10.4. The third kappa shape index (κ3) is 5.21. The second-order valence-electron chi connectivity index (χ2n) is 2.01. The highest BCUT2D eigenvalue weighted by Gasteiger charge is 2.11. The van der Waals surface area contributed by atoms with E-state index in [4.69, 9.17) is 28.9 Å². The SMILES string of the molecule is NC(=O)C(Cl)CCOC(=O)CCl. The van der Waals surface area contributed by atoms with Gasteiger partial charge in [0, 0.05) is 6.42 Å². The van der Waals surface area contributed by atoms with E-state index in [9.17, 15) is 9.59 Å². The summed E-state index contributed by atoms with van der Waals surface area (Å²) in [7, 11) is 0. The van der Waals surface area contributed by atoms with Gasteiger partial charge < -0.3 is 10.5 Å². The van der Waals surface area contributed by atoms with Gasteiger partial charge in [-0.1, -0.05) is 0 Å². The van der Waals surface area contributed by atoms with E-state index in [1.165, 1.54) is 0 Å². The zero-order valence-electron chi connectivity index (χ0n) is 6.26. The van der Waals surface area contributed by atoms with Crippen LogP contribution in [-0.2, 0) is 14.3 Å². The van der Waals surface area contributed by atoms with Crippen LogP contribution in [0.4, 0.5) is 0 Å². The van der Waals surface area contributed by atoms with Crippen molar-refractivity contribution in [3.8, 4) is 0 Å². The summed E-state index contributed by atoms with van der Waals surface area (Å²) in [5.74, 6) is -1.37. The first kappa shape index (κ1) is 11.5. The minimum Gasteiger partial charge on any atom is -0.465 e. The predicted molar refractivity (Wildman–Crippen MR) is 45.1 cm³/mol. The zero-order chi connectivity index (χ0) is 9.56. The van der Waals surface area contributed by atoms with Crippen molar-refractivity contribution in [2.75, 3.05) is 12.5 Å². The third-order valence-corrected chi connectivity index (χ3v) is 1.70. The Morgan fingerprint density at radius 1 is 1.50 bits per heavy atom. The van der Waals surface area contributed by atoms with Crippen molar-refractivity contribution < 1.29 is 14.3 Å². The van der Waals surface area contributed by atoms with Gasteiger partial charge in [-0.25, -0.2) is 0 Å². The Kier molecular flexibility index (Phi) is 5.84. The Balaban J connectivity index is 3.43. The molecule has 0 aromatic rings. The Morgan fingerprint density at radius 2 is 2.08 bits per heavy atom. The number of halogens is 2. The van der Waals surface area contributed by atoms with Crippen molar-refractivity contribution in [3.63, 3.8) is 0 Å². The van der Waals surface area contributed by atoms with Crippen molar-refractivity contribution in [1.82, 2.24) is 0 Å². The Labute approximate surface area is 79.9 Å². The van der Waals surface area contributed by atoms with Crippen LogP contribution in [0.15, 0.2) is 0 Å². The van der Waals surface area contributed by atoms with Crippen LogP contribution >= 0.6 is 23.2 Å². The van der Waals surface area contributed by atoms with Gasteiger partial charge in [0.15, 0.2) is 0 Å². The minimum absolute atomic E-state index is 0.0582. The number of amides is 1. The topological polar surface area (TPSA) is 69.4 Å². The molecule has 2 N–H and O–H groups in total. The summed E-state index contributed by atoms with van der Waals surface area (Å²) in [5, 5.41) is -0.798. The molecule has 0 rings (SSSR count). The number of nitrogens with two attached hydrogens (primary N) is 1. The van der Waals surface area contributed by atoms with Crippen molar-refractivity contribution in [3.05, 3.63) is 0 Å². The first-order valence-electron chi connectivity index (χ1n) is 3.23. The Morgan fingerprint density at radius 3 is 2.50 bits per heavy atom. The molecular formula is C6H9Cl2NO3. The average Bonchev–Trinajstić information content (AvgIpc) is 2.03. The van der Waals surface area contributed by atoms with E-state index in [0.717, 1.165) is 0 Å². The molecule has 0 aliphatic heterocycles. The molecule has 0 saturated heterocycles. The summed E-state index contributed by atoms with van der Waals surface area (Å²) in [4.78, 5) is 20.8. The van der Waals surface area contributed by atoms with Gasteiger partial charge in [0.05, 0.1) is 6.61 Å². The molecule has 0 aliphatic carbocycles. The molecule has 70 valence electrons. The number of carbonyl (C=O) groups is 2. The summed E-state index contributed by atoms with van der Waals surface area (Å²) in [6, 6.07) is 0. The average molecular weight is 214 g/mol. The monoisotopic (exact) mass is 213 g/mol. The highest BCUT2D eigenvalue weighted by molar-refractivity contribution is 6.30. The number of alkyl halides is 2. The first-order chi connectivity index (χ1) is 5.57. The maximum absolute atomic E-state index is 10.4. The molecule has 6 heteroatoms. The minimum atomic E-state index is -0.798. The molecule has 0 aromatic carbocycles. The highest BCUT2D eigenvalue weighted by atomic mass is 35.5. The summed E-state index contributed by atoms with van der Waals surface area (Å²) in [6.45, 7) is 0.0582. The van der Waals surface area contributed by atoms with Gasteiger partial charge in [-0.15, -0.1) is 23.2 Å². The van der Waals surface area contributed by atoms with Crippen molar-refractivity contribution in [1.29, 1.82) is 0 Å². The number of rotatable bonds is 5. The molecule has 12 heavy (non-hydrogen) atoms. The molecule has 1 amide bonds. The molecule has 0 spiro atoms. The van der Waals surface area contributed by atoms with Gasteiger partial charge in [0.1, 0.15) is 11.3 Å². The van der Waals surface area contributed by atoms with Gasteiger partial charge in [-0.05, 0) is 0 Å². The van der Waals surface area contributed by atoms with Crippen molar-refractivity contribution in [2.24, 2.45) is 5.73 Å². The van der Waals surface area contributed by atoms with Crippen molar-refractivity contribution in [2.45, 2.75) is 11.8 Å². The lowest BCUT2D eigenvalue weighted by atomic mass is 10.3. The zero-order valence-corrected chi connectivity index (χ0v) is 7.77. The molecule has 0 heterocycles. The number of primary amides is 1. The first-order valence-corrected chi connectivity index (χ1v) is 4.20. The molecule has 0 aliphatic rings. The second-order valence-corrected chi connectivity index (χ2v) is 2.81. The predicted octanol–water partition coefficient (Wildman–Crippen LogP) is 0.251. The van der Waals surface area contributed by atoms with E-state index >= 15 is 0 Å². The lowest BCUT2D eigenvalue weighted by molar-refractivity contribution is -0.141. The molecular weight excluding hydrogens is 205 g/mol. The van der Waals surface area contributed by atoms with Gasteiger partial charge in [0.25, 0.3) is 0 Å². The van der Waals surface area contributed by atoms with E-state index in [0.29, 0.717) is 0 Å². The lowest BCUT2D eigenvalue weighted by Crippen LogP contribution is -2.25. The van der Waals surface area contributed by atoms with Crippen LogP contribution in [0.1, 0.15) is 6.42 Å². The lowest BCUT2D eigenvalue weighted by Gasteiger charge is -2.04.